The van der Waals surface area contributed by atoms with Gasteiger partial charge in [0.15, 0.2) is 0 Å². The lowest BCUT2D eigenvalue weighted by Crippen LogP contribution is -2.32. The lowest BCUT2D eigenvalue weighted by atomic mass is 9.99. The molecule has 4 nitrogen and oxygen atoms in total. The highest BCUT2D eigenvalue weighted by Gasteiger charge is 2.40. The lowest BCUT2D eigenvalue weighted by molar-refractivity contribution is -0.120. The molecule has 0 aliphatic carbocycles. The summed E-state index contributed by atoms with van der Waals surface area (Å²) in [7, 11) is 0. The molecule has 0 aromatic heterocycles. The molecule has 0 atom stereocenters. The fourth-order valence-electron chi connectivity index (χ4n) is 3.64. The summed E-state index contributed by atoms with van der Waals surface area (Å²) >= 11 is 6.00. The zero-order valence-corrected chi connectivity index (χ0v) is 18.7. The number of benzene rings is 3. The van der Waals surface area contributed by atoms with Gasteiger partial charge in [-0.3, -0.25) is 9.59 Å². The van der Waals surface area contributed by atoms with Gasteiger partial charge in [0, 0.05) is 10.7 Å². The quantitative estimate of drug-likeness (QED) is 0.518. The van der Waals surface area contributed by atoms with Crippen molar-refractivity contribution in [3.8, 4) is 0 Å². The van der Waals surface area contributed by atoms with Crippen molar-refractivity contribution in [2.24, 2.45) is 0 Å². The largest absolute Gasteiger partial charge is 0.350 e. The first-order valence-electron chi connectivity index (χ1n) is 10.1. The summed E-state index contributed by atoms with van der Waals surface area (Å²) in [4.78, 5) is 28.2. The van der Waals surface area contributed by atoms with Gasteiger partial charge in [-0.05, 0) is 85.8 Å². The normalized spacial score (nSPS) is 13.9. The number of anilines is 2. The average molecular weight is 431 g/mol. The van der Waals surface area contributed by atoms with E-state index in [-0.39, 0.29) is 17.5 Å². The van der Waals surface area contributed by atoms with Crippen LogP contribution < -0.4 is 10.2 Å². The van der Waals surface area contributed by atoms with Crippen molar-refractivity contribution in [3.63, 3.8) is 0 Å². The Kier molecular flexibility index (Phi) is 5.42. The van der Waals surface area contributed by atoms with Crippen LogP contribution in [0.15, 0.2) is 66.4 Å². The van der Waals surface area contributed by atoms with E-state index in [9.17, 15) is 9.59 Å². The van der Waals surface area contributed by atoms with E-state index in [0.29, 0.717) is 21.8 Å². The second kappa shape index (κ2) is 8.05. The van der Waals surface area contributed by atoms with E-state index in [1.54, 1.807) is 24.3 Å². The molecule has 3 aromatic carbocycles. The molecule has 0 unspecified atom stereocenters. The first-order chi connectivity index (χ1) is 14.8. The van der Waals surface area contributed by atoms with Crippen molar-refractivity contribution < 1.29 is 9.59 Å². The van der Waals surface area contributed by atoms with E-state index in [1.807, 2.05) is 64.1 Å². The van der Waals surface area contributed by atoms with Gasteiger partial charge in [0.05, 0.1) is 11.3 Å². The minimum absolute atomic E-state index is 0.275. The monoisotopic (exact) mass is 430 g/mol. The third-order valence-corrected chi connectivity index (χ3v) is 5.87. The molecule has 156 valence electrons. The number of carbonyl (C=O) groups is 2. The van der Waals surface area contributed by atoms with Gasteiger partial charge in [-0.2, -0.15) is 0 Å². The van der Waals surface area contributed by atoms with Gasteiger partial charge < -0.3 is 5.32 Å². The number of rotatable bonds is 4. The number of aryl methyl sites for hydroxylation is 4. The van der Waals surface area contributed by atoms with Gasteiger partial charge in [0.25, 0.3) is 11.8 Å². The van der Waals surface area contributed by atoms with E-state index in [4.69, 9.17) is 11.6 Å². The number of hydrogen-bond donors (Lipinski definition) is 1. The van der Waals surface area contributed by atoms with Gasteiger partial charge in [-0.1, -0.05) is 41.9 Å². The Balaban J connectivity index is 1.87. The summed E-state index contributed by atoms with van der Waals surface area (Å²) in [6, 6.07) is 18.5. The Labute approximate surface area is 187 Å². The van der Waals surface area contributed by atoms with Gasteiger partial charge in [0.1, 0.15) is 5.70 Å². The summed E-state index contributed by atoms with van der Waals surface area (Å²) < 4.78 is 0. The van der Waals surface area contributed by atoms with Crippen LogP contribution in [0.2, 0.25) is 5.02 Å². The minimum atomic E-state index is -0.388. The number of imide groups is 1. The Morgan fingerprint density at radius 1 is 0.742 bits per heavy atom. The average Bonchev–Trinajstić information content (AvgIpc) is 2.97. The molecule has 2 amide bonds. The number of hydrogen-bond acceptors (Lipinski definition) is 3. The highest BCUT2D eigenvalue weighted by Crippen LogP contribution is 2.35. The molecular weight excluding hydrogens is 408 g/mol. The van der Waals surface area contributed by atoms with Crippen LogP contribution in [0.4, 0.5) is 11.4 Å². The predicted octanol–water partition coefficient (Wildman–Crippen LogP) is 5.97. The van der Waals surface area contributed by atoms with Crippen LogP contribution in [0, 0.1) is 27.7 Å². The zero-order valence-electron chi connectivity index (χ0n) is 17.9. The summed E-state index contributed by atoms with van der Waals surface area (Å²) in [5, 5.41) is 3.81. The van der Waals surface area contributed by atoms with Crippen LogP contribution in [-0.4, -0.2) is 11.8 Å². The standard InChI is InChI=1S/C26H23ClN2O2/c1-15-5-6-17(3)22(13-15)28-24-23(19-8-7-16(2)18(4)14-19)25(30)29(26(24)31)21-11-9-20(27)10-12-21/h5-14,28H,1-4H3. The second-order valence-electron chi connectivity index (χ2n) is 7.91. The summed E-state index contributed by atoms with van der Waals surface area (Å²) in [5.74, 6) is -0.746. The maximum atomic E-state index is 13.5. The topological polar surface area (TPSA) is 49.4 Å². The van der Waals surface area contributed by atoms with Crippen molar-refractivity contribution in [1.29, 1.82) is 0 Å². The maximum Gasteiger partial charge on any atom is 0.282 e. The number of carbonyl (C=O) groups excluding carboxylic acids is 2. The Bertz CT molecular complexity index is 1240. The predicted molar refractivity (Wildman–Crippen MR) is 126 cm³/mol. The van der Waals surface area contributed by atoms with Crippen LogP contribution in [-0.2, 0) is 9.59 Å². The highest BCUT2D eigenvalue weighted by molar-refractivity contribution is 6.46. The van der Waals surface area contributed by atoms with Crippen LogP contribution in [0.3, 0.4) is 0 Å². The van der Waals surface area contributed by atoms with Crippen molar-refractivity contribution in [1.82, 2.24) is 0 Å². The zero-order chi connectivity index (χ0) is 22.3. The van der Waals surface area contributed by atoms with Crippen LogP contribution in [0.5, 0.6) is 0 Å². The fraction of sp³-hybridized carbons (Fsp3) is 0.154. The number of nitrogens with one attached hydrogen (secondary N) is 1. The number of halogens is 1. The van der Waals surface area contributed by atoms with E-state index in [1.165, 1.54) is 4.90 Å². The molecule has 0 bridgehead atoms. The van der Waals surface area contributed by atoms with E-state index in [2.05, 4.69) is 5.32 Å². The SMILES string of the molecule is Cc1ccc(C)c(NC2=C(c3ccc(C)c(C)c3)C(=O)N(c3ccc(Cl)cc3)C2=O)c1. The summed E-state index contributed by atoms with van der Waals surface area (Å²) in [6.07, 6.45) is 0. The van der Waals surface area contributed by atoms with E-state index in [0.717, 1.165) is 27.9 Å². The van der Waals surface area contributed by atoms with Gasteiger partial charge in [-0.15, -0.1) is 0 Å². The molecule has 1 aliphatic heterocycles. The molecule has 3 aromatic rings. The number of nitrogens with zero attached hydrogens (tertiary/aromatic N) is 1. The van der Waals surface area contributed by atoms with Gasteiger partial charge >= 0.3 is 0 Å². The van der Waals surface area contributed by atoms with Crippen LogP contribution in [0.25, 0.3) is 5.57 Å². The molecule has 0 spiro atoms. The van der Waals surface area contributed by atoms with Gasteiger partial charge in [-0.25, -0.2) is 4.90 Å². The number of amides is 2. The van der Waals surface area contributed by atoms with Crippen molar-refractivity contribution in [3.05, 3.63) is 99.2 Å². The van der Waals surface area contributed by atoms with E-state index < -0.39 is 0 Å². The molecule has 5 heteroatoms. The first-order valence-corrected chi connectivity index (χ1v) is 10.4. The van der Waals surface area contributed by atoms with Crippen LogP contribution >= 0.6 is 11.6 Å². The minimum Gasteiger partial charge on any atom is -0.350 e. The third-order valence-electron chi connectivity index (χ3n) is 5.62. The maximum absolute atomic E-state index is 13.5. The Hall–Kier alpha value is -3.37. The van der Waals surface area contributed by atoms with Crippen LogP contribution in [0.1, 0.15) is 27.8 Å². The molecule has 1 heterocycles. The Morgan fingerprint density at radius 2 is 1.42 bits per heavy atom. The first kappa shape index (κ1) is 20.9. The molecule has 1 N–H and O–H groups in total. The molecule has 0 fully saturated rings. The van der Waals surface area contributed by atoms with Gasteiger partial charge in [0.2, 0.25) is 0 Å². The fourth-order valence-corrected chi connectivity index (χ4v) is 3.77. The summed E-state index contributed by atoms with van der Waals surface area (Å²) in [5.41, 5.74) is 6.87. The van der Waals surface area contributed by atoms with E-state index >= 15 is 0 Å². The smallest absolute Gasteiger partial charge is 0.282 e. The summed E-state index contributed by atoms with van der Waals surface area (Å²) in [6.45, 7) is 7.97. The van der Waals surface area contributed by atoms with Crippen molar-refractivity contribution in [2.45, 2.75) is 27.7 Å². The molecule has 0 saturated heterocycles. The lowest BCUT2D eigenvalue weighted by Gasteiger charge is -2.16. The molecule has 4 rings (SSSR count). The Morgan fingerprint density at radius 3 is 2.10 bits per heavy atom. The molecular formula is C26H23ClN2O2. The molecule has 0 saturated carbocycles. The third kappa shape index (κ3) is 3.87. The molecule has 31 heavy (non-hydrogen) atoms. The van der Waals surface area contributed by atoms with Crippen molar-refractivity contribution in [2.75, 3.05) is 10.2 Å². The molecule has 0 radical (unpaired) electrons. The second-order valence-corrected chi connectivity index (χ2v) is 8.35. The van der Waals surface area contributed by atoms with Crippen molar-refractivity contribution >= 4 is 40.4 Å². The highest BCUT2D eigenvalue weighted by atomic mass is 35.5. The molecule has 1 aliphatic rings.